The summed E-state index contributed by atoms with van der Waals surface area (Å²) in [6.07, 6.45) is 3.29. The molecule has 0 aliphatic heterocycles. The van der Waals surface area contributed by atoms with Gasteiger partial charge in [0.2, 0.25) is 5.91 Å². The topological polar surface area (TPSA) is 75.6 Å². The number of benzene rings is 1. The van der Waals surface area contributed by atoms with Gasteiger partial charge in [0.05, 0.1) is 24.1 Å². The van der Waals surface area contributed by atoms with E-state index in [-0.39, 0.29) is 5.91 Å². The monoisotopic (exact) mass is 307 g/mol. The molecule has 2 atom stereocenters. The summed E-state index contributed by atoms with van der Waals surface area (Å²) in [5.41, 5.74) is 0.392. The van der Waals surface area contributed by atoms with Crippen molar-refractivity contribution in [3.05, 3.63) is 24.0 Å². The molecule has 0 heterocycles. The lowest BCUT2D eigenvalue weighted by atomic mass is 9.73. The van der Waals surface area contributed by atoms with E-state index < -0.39 is 23.6 Å². The van der Waals surface area contributed by atoms with Crippen molar-refractivity contribution in [1.29, 1.82) is 0 Å². The predicted molar refractivity (Wildman–Crippen MR) is 77.1 cm³/mol. The van der Waals surface area contributed by atoms with Crippen molar-refractivity contribution in [1.82, 2.24) is 0 Å². The largest absolute Gasteiger partial charge is 0.491 e. The van der Waals surface area contributed by atoms with Crippen molar-refractivity contribution >= 4 is 17.6 Å². The van der Waals surface area contributed by atoms with Gasteiger partial charge in [0.15, 0.2) is 0 Å². The lowest BCUT2D eigenvalue weighted by Crippen LogP contribution is -2.41. The number of hydrogen-bond donors (Lipinski definition) is 2. The molecule has 0 aromatic heterocycles. The van der Waals surface area contributed by atoms with Gasteiger partial charge in [0.25, 0.3) is 0 Å². The van der Waals surface area contributed by atoms with Gasteiger partial charge in [-0.15, -0.1) is 0 Å². The second-order valence-corrected chi connectivity index (χ2v) is 6.01. The van der Waals surface area contributed by atoms with Gasteiger partial charge >= 0.3 is 5.97 Å². The van der Waals surface area contributed by atoms with E-state index in [0.717, 1.165) is 12.8 Å². The lowest BCUT2D eigenvalue weighted by Gasteiger charge is -2.32. The summed E-state index contributed by atoms with van der Waals surface area (Å²) in [5.74, 6) is -2.08. The normalized spacial score (nSPS) is 23.5. The molecule has 2 fully saturated rings. The highest BCUT2D eigenvalue weighted by atomic mass is 19.1. The number of nitrogens with one attached hydrogen (secondary N) is 1. The van der Waals surface area contributed by atoms with Crippen molar-refractivity contribution in [3.63, 3.8) is 0 Å². The van der Waals surface area contributed by atoms with Gasteiger partial charge < -0.3 is 15.2 Å². The molecule has 2 saturated carbocycles. The third kappa shape index (κ3) is 3.21. The summed E-state index contributed by atoms with van der Waals surface area (Å²) in [7, 11) is 0. The third-order valence-electron chi connectivity index (χ3n) is 4.30. The van der Waals surface area contributed by atoms with Crippen molar-refractivity contribution in [2.75, 3.05) is 11.9 Å². The first-order valence-electron chi connectivity index (χ1n) is 7.50. The van der Waals surface area contributed by atoms with E-state index in [1.54, 1.807) is 0 Å². The minimum Gasteiger partial charge on any atom is -0.491 e. The first-order chi connectivity index (χ1) is 10.5. The maximum absolute atomic E-state index is 13.4. The molecule has 0 saturated heterocycles. The predicted octanol–water partition coefficient (Wildman–Crippen LogP) is 2.66. The van der Waals surface area contributed by atoms with Gasteiger partial charge in [-0.3, -0.25) is 9.59 Å². The van der Waals surface area contributed by atoms with Crippen molar-refractivity contribution < 1.29 is 23.8 Å². The Morgan fingerprint density at radius 1 is 1.23 bits per heavy atom. The Bertz CT molecular complexity index is 600. The van der Waals surface area contributed by atoms with Gasteiger partial charge in [-0.05, 0) is 43.7 Å². The second kappa shape index (κ2) is 5.94. The Morgan fingerprint density at radius 3 is 2.55 bits per heavy atom. The van der Waals surface area contributed by atoms with Gasteiger partial charge in [-0.25, -0.2) is 4.39 Å². The molecule has 22 heavy (non-hydrogen) atoms. The molecule has 1 aromatic carbocycles. The molecule has 2 N–H and O–H groups in total. The van der Waals surface area contributed by atoms with E-state index in [4.69, 9.17) is 9.84 Å². The molecule has 118 valence electrons. The lowest BCUT2D eigenvalue weighted by molar-refractivity contribution is -0.151. The first-order valence-corrected chi connectivity index (χ1v) is 7.50. The summed E-state index contributed by atoms with van der Waals surface area (Å²) >= 11 is 0. The highest BCUT2D eigenvalue weighted by molar-refractivity contribution is 5.97. The van der Waals surface area contributed by atoms with Crippen LogP contribution in [0.15, 0.2) is 18.2 Å². The molecule has 0 radical (unpaired) electrons. The summed E-state index contributed by atoms with van der Waals surface area (Å²) in [6, 6.07) is 3.94. The number of amides is 1. The van der Waals surface area contributed by atoms with Crippen LogP contribution in [0.25, 0.3) is 0 Å². The Kier molecular flexibility index (Phi) is 4.00. The molecule has 0 bridgehead atoms. The van der Waals surface area contributed by atoms with Gasteiger partial charge in [-0.2, -0.15) is 0 Å². The Balaban J connectivity index is 1.68. The third-order valence-corrected chi connectivity index (χ3v) is 4.30. The molecule has 2 aliphatic rings. The number of ether oxygens (including phenoxy) is 1. The summed E-state index contributed by atoms with van der Waals surface area (Å²) in [4.78, 5) is 23.2. The number of anilines is 1. The van der Waals surface area contributed by atoms with Crippen LogP contribution in [0.4, 0.5) is 10.1 Å². The van der Waals surface area contributed by atoms with Crippen LogP contribution < -0.4 is 10.1 Å². The zero-order valence-electron chi connectivity index (χ0n) is 12.0. The fourth-order valence-corrected chi connectivity index (χ4v) is 2.55. The fourth-order valence-electron chi connectivity index (χ4n) is 2.55. The number of carbonyl (C=O) groups excluding carboxylic acids is 1. The number of carboxylic acids is 1. The van der Waals surface area contributed by atoms with E-state index in [9.17, 15) is 14.0 Å². The number of carbonyl (C=O) groups is 2. The van der Waals surface area contributed by atoms with Gasteiger partial charge in [0, 0.05) is 6.07 Å². The number of hydrogen-bond acceptors (Lipinski definition) is 3. The molecular weight excluding hydrogens is 289 g/mol. The Labute approximate surface area is 127 Å². The van der Waals surface area contributed by atoms with E-state index in [1.165, 1.54) is 18.2 Å². The molecule has 5 nitrogen and oxygen atoms in total. The first kappa shape index (κ1) is 14.8. The minimum atomic E-state index is -0.948. The zero-order valence-corrected chi connectivity index (χ0v) is 12.0. The molecule has 3 rings (SSSR count). The second-order valence-electron chi connectivity index (χ2n) is 6.01. The molecule has 2 unspecified atom stereocenters. The molecule has 1 amide bonds. The quantitative estimate of drug-likeness (QED) is 0.847. The molecule has 0 spiro atoms. The highest BCUT2D eigenvalue weighted by Gasteiger charge is 2.41. The smallest absolute Gasteiger partial charge is 0.307 e. The number of carboxylic acid groups (broad SMARTS) is 1. The van der Waals surface area contributed by atoms with Crippen molar-refractivity contribution in [3.8, 4) is 5.75 Å². The van der Waals surface area contributed by atoms with Crippen LogP contribution in [-0.2, 0) is 9.59 Å². The van der Waals surface area contributed by atoms with Crippen LogP contribution in [0.3, 0.4) is 0 Å². The van der Waals surface area contributed by atoms with Crippen LogP contribution in [0.2, 0.25) is 0 Å². The zero-order chi connectivity index (χ0) is 15.7. The summed E-state index contributed by atoms with van der Waals surface area (Å²) in [5, 5.41) is 11.7. The Morgan fingerprint density at radius 2 is 1.95 bits per heavy atom. The van der Waals surface area contributed by atoms with Gasteiger partial charge in [-0.1, -0.05) is 0 Å². The molecule has 6 heteroatoms. The van der Waals surface area contributed by atoms with Crippen LogP contribution in [0.5, 0.6) is 5.75 Å². The maximum atomic E-state index is 13.4. The van der Waals surface area contributed by atoms with Crippen molar-refractivity contribution in [2.24, 2.45) is 17.8 Å². The number of rotatable bonds is 6. The minimum absolute atomic E-state index is 0.298. The van der Waals surface area contributed by atoms with Gasteiger partial charge in [0.1, 0.15) is 11.6 Å². The summed E-state index contributed by atoms with van der Waals surface area (Å²) < 4.78 is 18.9. The summed E-state index contributed by atoms with van der Waals surface area (Å²) in [6.45, 7) is 0.507. The fraction of sp³-hybridized carbons (Fsp3) is 0.500. The number of halogens is 1. The van der Waals surface area contributed by atoms with E-state index in [1.807, 2.05) is 0 Å². The van der Waals surface area contributed by atoms with E-state index in [2.05, 4.69) is 5.32 Å². The maximum Gasteiger partial charge on any atom is 0.307 e. The molecule has 1 aromatic rings. The molecular formula is C16H18FNO4. The van der Waals surface area contributed by atoms with Crippen molar-refractivity contribution in [2.45, 2.75) is 25.7 Å². The number of aliphatic carboxylic acids is 1. The average molecular weight is 307 g/mol. The van der Waals surface area contributed by atoms with Crippen LogP contribution >= 0.6 is 0 Å². The van der Waals surface area contributed by atoms with Crippen LogP contribution in [0, 0.1) is 23.6 Å². The average Bonchev–Trinajstić information content (AvgIpc) is 3.21. The highest BCUT2D eigenvalue weighted by Crippen LogP contribution is 2.37. The van der Waals surface area contributed by atoms with Crippen LogP contribution in [-0.4, -0.2) is 23.6 Å². The van der Waals surface area contributed by atoms with E-state index >= 15 is 0 Å². The molecule has 2 aliphatic carbocycles. The Hall–Kier alpha value is -2.11. The van der Waals surface area contributed by atoms with Crippen LogP contribution in [0.1, 0.15) is 25.7 Å². The van der Waals surface area contributed by atoms with E-state index in [0.29, 0.717) is 36.8 Å². The standard InChI is InChI=1S/C16H18FNO4/c17-10-3-6-13(14(7-10)22-8-9-1-2-9)18-15(19)11-4-5-12(11)16(20)21/h3,6-7,9,11-12H,1-2,4-5,8H2,(H,18,19)(H,20,21). The SMILES string of the molecule is O=C(O)C1CCC1C(=O)Nc1ccc(F)cc1OCC1CC1.